The number of amides is 1. The van der Waals surface area contributed by atoms with E-state index in [0.29, 0.717) is 6.04 Å². The molecule has 2 atom stereocenters. The molecule has 0 aromatic carbocycles. The fourth-order valence-corrected chi connectivity index (χ4v) is 2.88. The number of carbonyl (C=O) groups is 1. The summed E-state index contributed by atoms with van der Waals surface area (Å²) in [6.07, 6.45) is 2.68. The predicted molar refractivity (Wildman–Crippen MR) is 52.1 cm³/mol. The lowest BCUT2D eigenvalue weighted by atomic mass is 9.91. The van der Waals surface area contributed by atoms with Crippen LogP contribution in [0.1, 0.15) is 33.6 Å². The molecule has 2 aliphatic carbocycles. The first-order valence-corrected chi connectivity index (χ1v) is 5.36. The Morgan fingerprint density at radius 2 is 1.85 bits per heavy atom. The standard InChI is InChI=1S/C11H19NO/c1-6(2)8-4-9-10(5-8)11(9)12-7(3)13/h6,8-11H,4-5H2,1-3H3,(H,12,13). The molecule has 74 valence electrons. The molecule has 1 amide bonds. The molecule has 2 rings (SSSR count). The lowest BCUT2D eigenvalue weighted by molar-refractivity contribution is -0.119. The third kappa shape index (κ3) is 1.59. The lowest BCUT2D eigenvalue weighted by Crippen LogP contribution is -2.27. The Kier molecular flexibility index (Phi) is 2.09. The van der Waals surface area contributed by atoms with E-state index in [9.17, 15) is 4.79 Å². The Labute approximate surface area is 80.1 Å². The van der Waals surface area contributed by atoms with Crippen LogP contribution >= 0.6 is 0 Å². The number of hydrogen-bond donors (Lipinski definition) is 1. The first-order chi connectivity index (χ1) is 6.09. The molecule has 0 spiro atoms. The highest BCUT2D eigenvalue weighted by atomic mass is 16.1. The van der Waals surface area contributed by atoms with Crippen LogP contribution in [0.15, 0.2) is 0 Å². The van der Waals surface area contributed by atoms with E-state index in [2.05, 4.69) is 19.2 Å². The lowest BCUT2D eigenvalue weighted by Gasteiger charge is -2.17. The zero-order valence-electron chi connectivity index (χ0n) is 8.71. The Bertz CT molecular complexity index is 212. The van der Waals surface area contributed by atoms with Crippen molar-refractivity contribution in [3.05, 3.63) is 0 Å². The van der Waals surface area contributed by atoms with Gasteiger partial charge in [-0.1, -0.05) is 13.8 Å². The summed E-state index contributed by atoms with van der Waals surface area (Å²) in [7, 11) is 0. The topological polar surface area (TPSA) is 29.1 Å². The van der Waals surface area contributed by atoms with Gasteiger partial charge in [0.05, 0.1) is 0 Å². The van der Waals surface area contributed by atoms with E-state index in [1.807, 2.05) is 0 Å². The summed E-state index contributed by atoms with van der Waals surface area (Å²) in [5.74, 6) is 3.51. The minimum atomic E-state index is 0.139. The van der Waals surface area contributed by atoms with Crippen LogP contribution in [0.4, 0.5) is 0 Å². The minimum Gasteiger partial charge on any atom is -0.353 e. The maximum absolute atomic E-state index is 10.8. The second-order valence-electron chi connectivity index (χ2n) is 5.03. The van der Waals surface area contributed by atoms with Crippen molar-refractivity contribution < 1.29 is 4.79 Å². The molecular formula is C11H19NO. The molecule has 2 nitrogen and oxygen atoms in total. The first-order valence-electron chi connectivity index (χ1n) is 5.36. The summed E-state index contributed by atoms with van der Waals surface area (Å²) in [5.41, 5.74) is 0. The normalized spacial score (nSPS) is 41.8. The highest BCUT2D eigenvalue weighted by Crippen LogP contribution is 2.56. The molecule has 0 radical (unpaired) electrons. The van der Waals surface area contributed by atoms with Gasteiger partial charge in [-0.2, -0.15) is 0 Å². The van der Waals surface area contributed by atoms with Gasteiger partial charge in [-0.05, 0) is 36.5 Å². The monoisotopic (exact) mass is 181 g/mol. The summed E-state index contributed by atoms with van der Waals surface area (Å²) in [5, 5.41) is 3.04. The highest BCUT2D eigenvalue weighted by Gasteiger charge is 2.56. The maximum Gasteiger partial charge on any atom is 0.217 e. The third-order valence-corrected chi connectivity index (χ3v) is 3.79. The molecule has 2 saturated carbocycles. The predicted octanol–water partition coefficient (Wildman–Crippen LogP) is 1.80. The molecule has 0 saturated heterocycles. The van der Waals surface area contributed by atoms with Gasteiger partial charge in [0.1, 0.15) is 0 Å². The van der Waals surface area contributed by atoms with E-state index in [1.165, 1.54) is 12.8 Å². The van der Waals surface area contributed by atoms with E-state index in [0.717, 1.165) is 23.7 Å². The highest BCUT2D eigenvalue weighted by molar-refractivity contribution is 5.73. The quantitative estimate of drug-likeness (QED) is 0.691. The van der Waals surface area contributed by atoms with Crippen molar-refractivity contribution in [1.82, 2.24) is 5.32 Å². The Balaban J connectivity index is 1.80. The van der Waals surface area contributed by atoms with Gasteiger partial charge < -0.3 is 5.32 Å². The average molecular weight is 181 g/mol. The molecule has 0 aromatic rings. The van der Waals surface area contributed by atoms with Gasteiger partial charge >= 0.3 is 0 Å². The molecule has 2 aliphatic rings. The molecule has 13 heavy (non-hydrogen) atoms. The van der Waals surface area contributed by atoms with Crippen LogP contribution in [-0.4, -0.2) is 11.9 Å². The van der Waals surface area contributed by atoms with Crippen molar-refractivity contribution in [2.24, 2.45) is 23.7 Å². The zero-order chi connectivity index (χ0) is 9.59. The van der Waals surface area contributed by atoms with Crippen molar-refractivity contribution in [1.29, 1.82) is 0 Å². The van der Waals surface area contributed by atoms with E-state index in [4.69, 9.17) is 0 Å². The Morgan fingerprint density at radius 1 is 1.31 bits per heavy atom. The van der Waals surface area contributed by atoms with Crippen LogP contribution in [-0.2, 0) is 4.79 Å². The zero-order valence-corrected chi connectivity index (χ0v) is 8.71. The molecular weight excluding hydrogens is 162 g/mol. The molecule has 2 heteroatoms. The second-order valence-corrected chi connectivity index (χ2v) is 5.03. The van der Waals surface area contributed by atoms with Gasteiger partial charge in [0, 0.05) is 13.0 Å². The third-order valence-electron chi connectivity index (χ3n) is 3.79. The number of carbonyl (C=O) groups excluding carboxylic acids is 1. The summed E-state index contributed by atoms with van der Waals surface area (Å²) < 4.78 is 0. The molecule has 0 aromatic heterocycles. The van der Waals surface area contributed by atoms with Crippen molar-refractivity contribution in [3.8, 4) is 0 Å². The maximum atomic E-state index is 10.8. The second kappa shape index (κ2) is 3.00. The molecule has 1 N–H and O–H groups in total. The number of hydrogen-bond acceptors (Lipinski definition) is 1. The summed E-state index contributed by atoms with van der Waals surface area (Å²) in [4.78, 5) is 10.8. The van der Waals surface area contributed by atoms with E-state index in [1.54, 1.807) is 6.92 Å². The van der Waals surface area contributed by atoms with Crippen molar-refractivity contribution in [2.45, 2.75) is 39.7 Å². The smallest absolute Gasteiger partial charge is 0.217 e. The number of fused-ring (bicyclic) bond motifs is 1. The summed E-state index contributed by atoms with van der Waals surface area (Å²) in [6.45, 7) is 6.24. The van der Waals surface area contributed by atoms with E-state index in [-0.39, 0.29) is 5.91 Å². The number of nitrogens with one attached hydrogen (secondary N) is 1. The van der Waals surface area contributed by atoms with Gasteiger partial charge in [0.25, 0.3) is 0 Å². The molecule has 2 unspecified atom stereocenters. The van der Waals surface area contributed by atoms with Gasteiger partial charge in [-0.25, -0.2) is 0 Å². The van der Waals surface area contributed by atoms with Crippen LogP contribution in [0.2, 0.25) is 0 Å². The van der Waals surface area contributed by atoms with Crippen molar-refractivity contribution in [3.63, 3.8) is 0 Å². The first kappa shape index (κ1) is 9.04. The van der Waals surface area contributed by atoms with Gasteiger partial charge in [0.2, 0.25) is 5.91 Å². The fraction of sp³-hybridized carbons (Fsp3) is 0.909. The fourth-order valence-electron chi connectivity index (χ4n) is 2.88. The minimum absolute atomic E-state index is 0.139. The van der Waals surface area contributed by atoms with Gasteiger partial charge in [0.15, 0.2) is 0 Å². The van der Waals surface area contributed by atoms with Crippen LogP contribution in [0, 0.1) is 23.7 Å². The van der Waals surface area contributed by atoms with Crippen molar-refractivity contribution >= 4 is 5.91 Å². The van der Waals surface area contributed by atoms with Gasteiger partial charge in [-0.3, -0.25) is 4.79 Å². The van der Waals surface area contributed by atoms with E-state index < -0.39 is 0 Å². The molecule has 0 heterocycles. The van der Waals surface area contributed by atoms with Gasteiger partial charge in [-0.15, -0.1) is 0 Å². The Hall–Kier alpha value is -0.530. The van der Waals surface area contributed by atoms with Crippen LogP contribution in [0.25, 0.3) is 0 Å². The van der Waals surface area contributed by atoms with Crippen molar-refractivity contribution in [2.75, 3.05) is 0 Å². The van der Waals surface area contributed by atoms with Crippen LogP contribution < -0.4 is 5.32 Å². The number of rotatable bonds is 2. The Morgan fingerprint density at radius 3 is 2.23 bits per heavy atom. The SMILES string of the molecule is CC(=O)NC1C2CC(C(C)C)CC21. The molecule has 2 fully saturated rings. The largest absolute Gasteiger partial charge is 0.353 e. The average Bonchev–Trinajstić information content (AvgIpc) is 2.51. The van der Waals surface area contributed by atoms with Crippen LogP contribution in [0.5, 0.6) is 0 Å². The molecule has 0 bridgehead atoms. The van der Waals surface area contributed by atoms with E-state index >= 15 is 0 Å². The van der Waals surface area contributed by atoms with Crippen LogP contribution in [0.3, 0.4) is 0 Å². The molecule has 0 aliphatic heterocycles. The summed E-state index contributed by atoms with van der Waals surface area (Å²) >= 11 is 0. The summed E-state index contributed by atoms with van der Waals surface area (Å²) in [6, 6.07) is 0.535.